The van der Waals surface area contributed by atoms with Crippen LogP contribution in [0, 0.1) is 6.92 Å². The van der Waals surface area contributed by atoms with E-state index in [-0.39, 0.29) is 5.92 Å². The van der Waals surface area contributed by atoms with Crippen LogP contribution >= 0.6 is 11.6 Å². The lowest BCUT2D eigenvalue weighted by molar-refractivity contribution is 0.416. The summed E-state index contributed by atoms with van der Waals surface area (Å²) in [5, 5.41) is 5.51. The van der Waals surface area contributed by atoms with Crippen LogP contribution < -0.4 is 4.74 Å². The number of rotatable bonds is 5. The van der Waals surface area contributed by atoms with E-state index in [0.717, 1.165) is 63.9 Å². The zero-order valence-corrected chi connectivity index (χ0v) is 19.5. The van der Waals surface area contributed by atoms with Crippen molar-refractivity contribution in [2.24, 2.45) is 0 Å². The molecule has 0 saturated carbocycles. The van der Waals surface area contributed by atoms with Gasteiger partial charge in [0.15, 0.2) is 5.82 Å². The maximum atomic E-state index is 6.48. The van der Waals surface area contributed by atoms with Crippen molar-refractivity contribution in [2.75, 3.05) is 7.11 Å². The van der Waals surface area contributed by atoms with E-state index in [1.165, 1.54) is 0 Å². The van der Waals surface area contributed by atoms with Crippen LogP contribution in [0.2, 0.25) is 5.02 Å². The number of aryl methyl sites for hydroxylation is 2. The van der Waals surface area contributed by atoms with Crippen molar-refractivity contribution < 1.29 is 4.74 Å². The topological polar surface area (TPSA) is 52.8 Å². The van der Waals surface area contributed by atoms with Crippen molar-refractivity contribution in [1.29, 1.82) is 0 Å². The number of aromatic nitrogens is 4. The average molecular weight is 457 g/mol. The van der Waals surface area contributed by atoms with Gasteiger partial charge in [0.05, 0.1) is 7.11 Å². The van der Waals surface area contributed by atoms with E-state index >= 15 is 0 Å². The molecule has 1 atom stereocenters. The molecule has 6 heteroatoms. The molecule has 2 aromatic carbocycles. The van der Waals surface area contributed by atoms with Crippen molar-refractivity contribution in [3.05, 3.63) is 94.3 Å². The number of halogens is 1. The smallest absolute Gasteiger partial charge is 0.174 e. The third-order valence-corrected chi connectivity index (χ3v) is 6.37. The third kappa shape index (κ3) is 4.41. The molecule has 5 rings (SSSR count). The molecule has 5 nitrogen and oxygen atoms in total. The van der Waals surface area contributed by atoms with Crippen LogP contribution in [0.5, 0.6) is 5.75 Å². The van der Waals surface area contributed by atoms with Gasteiger partial charge in [0, 0.05) is 34.9 Å². The molecule has 0 amide bonds. The second-order valence-electron chi connectivity index (χ2n) is 8.25. The average Bonchev–Trinajstić information content (AvgIpc) is 3.26. The van der Waals surface area contributed by atoms with Crippen molar-refractivity contribution in [3.63, 3.8) is 0 Å². The lowest BCUT2D eigenvalue weighted by Gasteiger charge is -2.23. The van der Waals surface area contributed by atoms with E-state index in [9.17, 15) is 0 Å². The molecule has 0 saturated heterocycles. The lowest BCUT2D eigenvalue weighted by Crippen LogP contribution is -2.18. The first-order valence-corrected chi connectivity index (χ1v) is 11.5. The van der Waals surface area contributed by atoms with Crippen LogP contribution in [0.25, 0.3) is 23.3 Å². The summed E-state index contributed by atoms with van der Waals surface area (Å²) in [4.78, 5) is 9.13. The minimum Gasteiger partial charge on any atom is -0.496 e. The van der Waals surface area contributed by atoms with Crippen LogP contribution in [0.15, 0.2) is 60.8 Å². The molecule has 0 bridgehead atoms. The lowest BCUT2D eigenvalue weighted by atomic mass is 9.91. The molecule has 2 aromatic heterocycles. The maximum absolute atomic E-state index is 6.48. The third-order valence-electron chi connectivity index (χ3n) is 6.03. The highest BCUT2D eigenvalue weighted by atomic mass is 35.5. The van der Waals surface area contributed by atoms with Crippen LogP contribution in [-0.2, 0) is 6.54 Å². The van der Waals surface area contributed by atoms with Gasteiger partial charge in [0.1, 0.15) is 11.6 Å². The van der Waals surface area contributed by atoms with Crippen molar-refractivity contribution in [2.45, 2.75) is 32.2 Å². The van der Waals surface area contributed by atoms with Gasteiger partial charge in [-0.1, -0.05) is 48.0 Å². The van der Waals surface area contributed by atoms with Gasteiger partial charge in [-0.05, 0) is 66.8 Å². The first kappa shape index (κ1) is 21.4. The molecule has 0 radical (unpaired) electrons. The molecule has 0 N–H and O–H groups in total. The highest BCUT2D eigenvalue weighted by molar-refractivity contribution is 6.31. The van der Waals surface area contributed by atoms with Crippen LogP contribution in [0.4, 0.5) is 0 Å². The van der Waals surface area contributed by atoms with Gasteiger partial charge in [0.2, 0.25) is 0 Å². The van der Waals surface area contributed by atoms with Gasteiger partial charge in [-0.15, -0.1) is 0 Å². The predicted molar refractivity (Wildman–Crippen MR) is 132 cm³/mol. The minimum absolute atomic E-state index is 0.172. The molecular weight excluding hydrogens is 432 g/mol. The number of methoxy groups -OCH3 is 1. The molecule has 1 aliphatic heterocycles. The van der Waals surface area contributed by atoms with E-state index in [0.29, 0.717) is 5.82 Å². The van der Waals surface area contributed by atoms with Crippen molar-refractivity contribution >= 4 is 23.8 Å². The molecule has 3 heterocycles. The molecule has 33 heavy (non-hydrogen) atoms. The molecule has 1 unspecified atom stereocenters. The molecule has 0 fully saturated rings. The summed E-state index contributed by atoms with van der Waals surface area (Å²) in [6.07, 6.45) is 7.89. The first-order valence-electron chi connectivity index (χ1n) is 11.1. The highest BCUT2D eigenvalue weighted by Gasteiger charge is 2.26. The first-order chi connectivity index (χ1) is 16.1. The Morgan fingerprint density at radius 1 is 1.09 bits per heavy atom. The van der Waals surface area contributed by atoms with Crippen LogP contribution in [0.1, 0.15) is 47.2 Å². The molecule has 166 valence electrons. The monoisotopic (exact) mass is 456 g/mol. The van der Waals surface area contributed by atoms with E-state index in [1.807, 2.05) is 60.3 Å². The summed E-state index contributed by atoms with van der Waals surface area (Å²) in [6, 6.07) is 18.3. The Morgan fingerprint density at radius 3 is 2.79 bits per heavy atom. The van der Waals surface area contributed by atoms with E-state index in [1.54, 1.807) is 7.11 Å². The number of hydrogen-bond acceptors (Lipinski definition) is 4. The Balaban J connectivity index is 1.42. The second-order valence-corrected chi connectivity index (χ2v) is 8.65. The van der Waals surface area contributed by atoms with Crippen LogP contribution in [-0.4, -0.2) is 26.9 Å². The fourth-order valence-corrected chi connectivity index (χ4v) is 4.69. The van der Waals surface area contributed by atoms with Gasteiger partial charge in [-0.25, -0.2) is 9.67 Å². The summed E-state index contributed by atoms with van der Waals surface area (Å²) in [7, 11) is 1.69. The van der Waals surface area contributed by atoms with E-state index in [2.05, 4.69) is 29.2 Å². The SMILES string of the molecule is COc1cc(/C=C/c2nc3n(n2)CCCC3c2ccccc2Cl)ccc1-c1ccnc(C)c1. The zero-order valence-electron chi connectivity index (χ0n) is 18.7. The number of ether oxygens (including phenoxy) is 1. The minimum atomic E-state index is 0.172. The Hall–Kier alpha value is -3.44. The summed E-state index contributed by atoms with van der Waals surface area (Å²) >= 11 is 6.48. The van der Waals surface area contributed by atoms with Crippen LogP contribution in [0.3, 0.4) is 0 Å². The van der Waals surface area contributed by atoms with Gasteiger partial charge < -0.3 is 4.74 Å². The number of nitrogens with zero attached hydrogens (tertiary/aromatic N) is 4. The van der Waals surface area contributed by atoms with E-state index < -0.39 is 0 Å². The quantitative estimate of drug-likeness (QED) is 0.348. The normalized spacial score (nSPS) is 15.5. The summed E-state index contributed by atoms with van der Waals surface area (Å²) in [5.41, 5.74) is 5.25. The fourth-order valence-electron chi connectivity index (χ4n) is 4.43. The fraction of sp³-hybridized carbons (Fsp3) is 0.222. The van der Waals surface area contributed by atoms with Crippen molar-refractivity contribution in [3.8, 4) is 16.9 Å². The largest absolute Gasteiger partial charge is 0.496 e. The Labute approximate surface area is 198 Å². The molecule has 4 aromatic rings. The summed E-state index contributed by atoms with van der Waals surface area (Å²) < 4.78 is 7.69. The maximum Gasteiger partial charge on any atom is 0.174 e. The number of fused-ring (bicyclic) bond motifs is 1. The predicted octanol–water partition coefficient (Wildman–Crippen LogP) is 6.41. The molecule has 0 aliphatic carbocycles. The van der Waals surface area contributed by atoms with Gasteiger partial charge in [0.25, 0.3) is 0 Å². The van der Waals surface area contributed by atoms with Gasteiger partial charge in [-0.3, -0.25) is 4.98 Å². The standard InChI is InChI=1S/C27H25ClN4O/c1-18-16-20(13-14-29-18)21-11-9-19(17-25(21)33-2)10-12-26-30-27-23(7-5-15-32(27)31-26)22-6-3-4-8-24(22)28/h3-4,6,8-14,16-17,23H,5,7,15H2,1-2H3/b12-10+. The number of hydrogen-bond donors (Lipinski definition) is 0. The zero-order chi connectivity index (χ0) is 22.8. The Kier molecular flexibility index (Phi) is 5.97. The Bertz CT molecular complexity index is 1330. The van der Waals surface area contributed by atoms with Gasteiger partial charge in [-0.2, -0.15) is 5.10 Å². The van der Waals surface area contributed by atoms with Crippen molar-refractivity contribution in [1.82, 2.24) is 19.7 Å². The molecular formula is C27H25ClN4O. The second kappa shape index (κ2) is 9.20. The number of pyridine rings is 1. The van der Waals surface area contributed by atoms with Gasteiger partial charge >= 0.3 is 0 Å². The van der Waals surface area contributed by atoms with E-state index in [4.69, 9.17) is 26.4 Å². The summed E-state index contributed by atoms with van der Waals surface area (Å²) in [6.45, 7) is 2.87. The summed E-state index contributed by atoms with van der Waals surface area (Å²) in [5.74, 6) is 2.68. The Morgan fingerprint density at radius 2 is 1.97 bits per heavy atom. The number of benzene rings is 2. The highest BCUT2D eigenvalue weighted by Crippen LogP contribution is 2.36. The molecule has 0 spiro atoms. The molecule has 1 aliphatic rings.